The van der Waals surface area contributed by atoms with Crippen LogP contribution in [0.25, 0.3) is 10.9 Å². The van der Waals surface area contributed by atoms with E-state index < -0.39 is 0 Å². The first-order chi connectivity index (χ1) is 7.43. The second-order valence-corrected chi connectivity index (χ2v) is 2.44. The number of hydrogen-bond acceptors (Lipinski definition) is 3. The molecule has 1 heterocycles. The lowest BCUT2D eigenvalue weighted by Crippen LogP contribution is -1.94. The standard InChI is InChI=1S/C8H6ClN3/c9-8-11-6-4-2-1-3-5(6)7(10)12-8/h1-4H,(H2,10,11,12)/i1D,2D,3D,4D. The SMILES string of the molecule is [2H]c1c([2H])c([2H])c2c(N)nc(Cl)nc2c1[2H]. The maximum atomic E-state index is 7.64. The molecule has 4 heteroatoms. The Kier molecular flexibility index (Phi) is 0.879. The zero-order valence-electron chi connectivity index (χ0n) is 9.85. The molecule has 0 radical (unpaired) electrons. The molecule has 0 aliphatic heterocycles. The van der Waals surface area contributed by atoms with Gasteiger partial charge in [0.2, 0.25) is 5.28 Å². The average Bonchev–Trinajstić information content (AvgIpc) is 2.22. The number of para-hydroxylation sites is 1. The molecule has 3 nitrogen and oxygen atoms in total. The highest BCUT2D eigenvalue weighted by Crippen LogP contribution is 2.18. The predicted molar refractivity (Wildman–Crippen MR) is 49.0 cm³/mol. The third-order valence-electron chi connectivity index (χ3n) is 1.34. The minimum atomic E-state index is -0.369. The number of nitrogen functional groups attached to an aromatic ring is 1. The van der Waals surface area contributed by atoms with Crippen LogP contribution in [0.4, 0.5) is 5.82 Å². The molecule has 0 fully saturated rings. The molecule has 60 valence electrons. The van der Waals surface area contributed by atoms with Gasteiger partial charge in [-0.1, -0.05) is 12.1 Å². The van der Waals surface area contributed by atoms with Crippen molar-refractivity contribution in [3.63, 3.8) is 0 Å². The summed E-state index contributed by atoms with van der Waals surface area (Å²) in [6.07, 6.45) is 0. The van der Waals surface area contributed by atoms with Crippen LogP contribution in [-0.2, 0) is 0 Å². The number of hydrogen-bond donors (Lipinski definition) is 1. The Labute approximate surface area is 79.8 Å². The highest BCUT2D eigenvalue weighted by Gasteiger charge is 2.00. The largest absolute Gasteiger partial charge is 0.383 e. The van der Waals surface area contributed by atoms with Gasteiger partial charge in [0.1, 0.15) is 5.82 Å². The fourth-order valence-corrected chi connectivity index (χ4v) is 1.02. The summed E-state index contributed by atoms with van der Waals surface area (Å²) in [4.78, 5) is 7.42. The Balaban J connectivity index is 3.08. The van der Waals surface area contributed by atoms with Gasteiger partial charge in [-0.2, -0.15) is 0 Å². The van der Waals surface area contributed by atoms with E-state index in [2.05, 4.69) is 9.97 Å². The number of fused-ring (bicyclic) bond motifs is 1. The third-order valence-corrected chi connectivity index (χ3v) is 1.51. The van der Waals surface area contributed by atoms with Crippen LogP contribution in [0.5, 0.6) is 0 Å². The lowest BCUT2D eigenvalue weighted by atomic mass is 10.2. The van der Waals surface area contributed by atoms with Crippen molar-refractivity contribution in [2.45, 2.75) is 0 Å². The van der Waals surface area contributed by atoms with Gasteiger partial charge in [-0.3, -0.25) is 0 Å². The molecule has 2 rings (SSSR count). The van der Waals surface area contributed by atoms with Gasteiger partial charge in [-0.25, -0.2) is 9.97 Å². The van der Waals surface area contributed by atoms with Crippen molar-refractivity contribution < 1.29 is 5.48 Å². The zero-order valence-corrected chi connectivity index (χ0v) is 6.61. The molecule has 0 bridgehead atoms. The fourth-order valence-electron chi connectivity index (χ4n) is 0.848. The number of rotatable bonds is 0. The molecule has 12 heavy (non-hydrogen) atoms. The Hall–Kier alpha value is -1.35. The van der Waals surface area contributed by atoms with Crippen molar-refractivity contribution in [2.75, 3.05) is 5.73 Å². The smallest absolute Gasteiger partial charge is 0.224 e. The summed E-state index contributed by atoms with van der Waals surface area (Å²) in [5.74, 6) is -0.0537. The molecular formula is C8H6ClN3. The third kappa shape index (κ3) is 1.08. The molecule has 1 aromatic carbocycles. The van der Waals surface area contributed by atoms with Crippen LogP contribution < -0.4 is 5.73 Å². The van der Waals surface area contributed by atoms with E-state index in [-0.39, 0.29) is 46.2 Å². The van der Waals surface area contributed by atoms with E-state index in [4.69, 9.17) is 22.8 Å². The van der Waals surface area contributed by atoms with Crippen molar-refractivity contribution in [2.24, 2.45) is 0 Å². The number of halogens is 1. The van der Waals surface area contributed by atoms with E-state index in [9.17, 15) is 0 Å². The molecule has 1 aromatic heterocycles. The van der Waals surface area contributed by atoms with E-state index >= 15 is 0 Å². The van der Waals surface area contributed by atoms with Crippen LogP contribution in [0.15, 0.2) is 24.2 Å². The first-order valence-electron chi connectivity index (χ1n) is 5.12. The van der Waals surface area contributed by atoms with Gasteiger partial charge in [0.15, 0.2) is 0 Å². The van der Waals surface area contributed by atoms with Gasteiger partial charge in [0, 0.05) is 5.39 Å². The summed E-state index contributed by atoms with van der Waals surface area (Å²) in [7, 11) is 0. The normalized spacial score (nSPS) is 15.1. The summed E-state index contributed by atoms with van der Waals surface area (Å²) in [5, 5.41) is -0.0505. The van der Waals surface area contributed by atoms with Crippen molar-refractivity contribution in [3.8, 4) is 0 Å². The summed E-state index contributed by atoms with van der Waals surface area (Å²) in [6.45, 7) is 0. The quantitative estimate of drug-likeness (QED) is 0.635. The second kappa shape index (κ2) is 2.60. The topological polar surface area (TPSA) is 51.8 Å². The lowest BCUT2D eigenvalue weighted by Gasteiger charge is -1.99. The fraction of sp³-hybridized carbons (Fsp3) is 0. The molecule has 2 N–H and O–H groups in total. The summed E-state index contributed by atoms with van der Waals surface area (Å²) in [6, 6.07) is -1.26. The predicted octanol–water partition coefficient (Wildman–Crippen LogP) is 1.87. The molecule has 0 saturated carbocycles. The highest BCUT2D eigenvalue weighted by atomic mass is 35.5. The Bertz CT molecular complexity index is 602. The van der Waals surface area contributed by atoms with Crippen LogP contribution >= 0.6 is 11.6 Å². The van der Waals surface area contributed by atoms with Crippen molar-refractivity contribution in [1.82, 2.24) is 9.97 Å². The number of anilines is 1. The first-order valence-corrected chi connectivity index (χ1v) is 3.50. The van der Waals surface area contributed by atoms with Crippen LogP contribution in [0.3, 0.4) is 0 Å². The van der Waals surface area contributed by atoms with E-state index in [0.29, 0.717) is 0 Å². The number of aromatic nitrogens is 2. The molecule has 2 aromatic rings. The summed E-state index contributed by atoms with van der Waals surface area (Å²) in [5.41, 5.74) is 5.59. The molecule has 0 aliphatic rings. The van der Waals surface area contributed by atoms with Crippen molar-refractivity contribution in [3.05, 3.63) is 29.5 Å². The molecule has 0 amide bonds. The Morgan fingerprint density at radius 1 is 1.33 bits per heavy atom. The maximum Gasteiger partial charge on any atom is 0.224 e. The van der Waals surface area contributed by atoms with Gasteiger partial charge < -0.3 is 5.73 Å². The van der Waals surface area contributed by atoms with Gasteiger partial charge in [0.05, 0.1) is 11.0 Å². The lowest BCUT2D eigenvalue weighted by molar-refractivity contribution is 1.23. The minimum Gasteiger partial charge on any atom is -0.383 e. The van der Waals surface area contributed by atoms with Crippen LogP contribution in [-0.4, -0.2) is 9.97 Å². The minimum absolute atomic E-state index is 0.0310. The molecule has 0 spiro atoms. The number of benzene rings is 1. The Morgan fingerprint density at radius 3 is 2.92 bits per heavy atom. The van der Waals surface area contributed by atoms with Crippen molar-refractivity contribution in [1.29, 1.82) is 0 Å². The van der Waals surface area contributed by atoms with Crippen LogP contribution in [0, 0.1) is 0 Å². The molecule has 0 saturated heterocycles. The second-order valence-electron chi connectivity index (χ2n) is 2.10. The summed E-state index contributed by atoms with van der Waals surface area (Å²) >= 11 is 5.59. The van der Waals surface area contributed by atoms with Gasteiger partial charge in [0.25, 0.3) is 0 Å². The van der Waals surface area contributed by atoms with Crippen LogP contribution in [0.2, 0.25) is 5.28 Å². The van der Waals surface area contributed by atoms with Gasteiger partial charge >= 0.3 is 0 Å². The van der Waals surface area contributed by atoms with E-state index in [1.807, 2.05) is 0 Å². The highest BCUT2D eigenvalue weighted by molar-refractivity contribution is 6.28. The van der Waals surface area contributed by atoms with E-state index in [1.54, 1.807) is 0 Å². The maximum absolute atomic E-state index is 7.64. The average molecular weight is 184 g/mol. The molecule has 0 unspecified atom stereocenters. The monoisotopic (exact) mass is 183 g/mol. The molecule has 0 atom stereocenters. The summed E-state index contributed by atoms with van der Waals surface area (Å²) < 4.78 is 30.2. The molecular weight excluding hydrogens is 174 g/mol. The number of nitrogens with two attached hydrogens (primary N) is 1. The van der Waals surface area contributed by atoms with Gasteiger partial charge in [-0.05, 0) is 23.7 Å². The first kappa shape index (κ1) is 4.05. The van der Waals surface area contributed by atoms with E-state index in [1.165, 1.54) is 0 Å². The number of nitrogens with zero attached hydrogens (tertiary/aromatic N) is 2. The van der Waals surface area contributed by atoms with E-state index in [0.717, 1.165) is 0 Å². The Morgan fingerprint density at radius 2 is 2.08 bits per heavy atom. The molecule has 0 aliphatic carbocycles. The van der Waals surface area contributed by atoms with Crippen LogP contribution in [0.1, 0.15) is 5.48 Å². The van der Waals surface area contributed by atoms with Crippen molar-refractivity contribution >= 4 is 28.3 Å². The zero-order chi connectivity index (χ0) is 12.0. The van der Waals surface area contributed by atoms with Gasteiger partial charge in [-0.15, -0.1) is 0 Å².